The lowest BCUT2D eigenvalue weighted by Crippen LogP contribution is -2.19. The molecule has 2 rings (SSSR count). The molecular formula is C13H17N5. The summed E-state index contributed by atoms with van der Waals surface area (Å²) in [6.45, 7) is 3.43. The van der Waals surface area contributed by atoms with Gasteiger partial charge in [0, 0.05) is 30.7 Å². The third-order valence-corrected chi connectivity index (χ3v) is 2.53. The number of aromatic nitrogens is 3. The Balaban J connectivity index is 2.01. The highest BCUT2D eigenvalue weighted by Gasteiger charge is 2.05. The van der Waals surface area contributed by atoms with Crippen LogP contribution in [0.1, 0.15) is 17.1 Å². The van der Waals surface area contributed by atoms with Gasteiger partial charge in [0.2, 0.25) is 0 Å². The van der Waals surface area contributed by atoms with Crippen molar-refractivity contribution in [2.24, 2.45) is 0 Å². The van der Waals surface area contributed by atoms with E-state index in [4.69, 9.17) is 5.73 Å². The van der Waals surface area contributed by atoms with E-state index in [1.807, 2.05) is 26.1 Å². The molecule has 2 N–H and O–H groups in total. The highest BCUT2D eigenvalue weighted by Crippen LogP contribution is 2.07. The van der Waals surface area contributed by atoms with Crippen LogP contribution in [-0.2, 0) is 13.1 Å². The van der Waals surface area contributed by atoms with Gasteiger partial charge >= 0.3 is 0 Å². The van der Waals surface area contributed by atoms with Crippen LogP contribution in [0.15, 0.2) is 30.6 Å². The third-order valence-electron chi connectivity index (χ3n) is 2.53. The van der Waals surface area contributed by atoms with Crippen LogP contribution >= 0.6 is 0 Å². The van der Waals surface area contributed by atoms with Crippen molar-refractivity contribution in [2.75, 3.05) is 12.8 Å². The lowest BCUT2D eigenvalue weighted by Gasteiger charge is -2.15. The van der Waals surface area contributed by atoms with Crippen LogP contribution in [0.2, 0.25) is 0 Å². The Morgan fingerprint density at radius 1 is 1.17 bits per heavy atom. The van der Waals surface area contributed by atoms with Crippen LogP contribution in [0.25, 0.3) is 0 Å². The van der Waals surface area contributed by atoms with Crippen molar-refractivity contribution in [3.05, 3.63) is 47.7 Å². The minimum Gasteiger partial charge on any atom is -0.384 e. The Hall–Kier alpha value is -2.01. The molecule has 94 valence electrons. The zero-order valence-electron chi connectivity index (χ0n) is 10.7. The van der Waals surface area contributed by atoms with Crippen molar-refractivity contribution in [1.82, 2.24) is 19.9 Å². The van der Waals surface area contributed by atoms with E-state index >= 15 is 0 Å². The van der Waals surface area contributed by atoms with Gasteiger partial charge < -0.3 is 5.73 Å². The summed E-state index contributed by atoms with van der Waals surface area (Å²) in [6.07, 6.45) is 3.59. The largest absolute Gasteiger partial charge is 0.384 e. The first-order valence-corrected chi connectivity index (χ1v) is 5.81. The smallest absolute Gasteiger partial charge is 0.144 e. The van der Waals surface area contributed by atoms with Crippen molar-refractivity contribution >= 4 is 5.82 Å². The fourth-order valence-corrected chi connectivity index (χ4v) is 1.82. The summed E-state index contributed by atoms with van der Waals surface area (Å²) in [5, 5.41) is 0. The Bertz CT molecular complexity index is 492. The maximum atomic E-state index is 5.71. The first-order valence-electron chi connectivity index (χ1n) is 5.81. The summed E-state index contributed by atoms with van der Waals surface area (Å²) in [5.41, 5.74) is 7.82. The molecular weight excluding hydrogens is 226 g/mol. The summed E-state index contributed by atoms with van der Waals surface area (Å²) >= 11 is 0. The highest BCUT2D eigenvalue weighted by atomic mass is 15.1. The van der Waals surface area contributed by atoms with Crippen LogP contribution in [-0.4, -0.2) is 26.9 Å². The molecule has 0 bridgehead atoms. The van der Waals surface area contributed by atoms with Gasteiger partial charge in [-0.15, -0.1) is 0 Å². The molecule has 0 aliphatic rings. The van der Waals surface area contributed by atoms with Crippen molar-refractivity contribution < 1.29 is 0 Å². The molecule has 5 nitrogen and oxygen atoms in total. The Morgan fingerprint density at radius 3 is 2.56 bits per heavy atom. The van der Waals surface area contributed by atoms with Crippen LogP contribution < -0.4 is 5.73 Å². The van der Waals surface area contributed by atoms with Crippen LogP contribution in [0, 0.1) is 6.92 Å². The second-order valence-electron chi connectivity index (χ2n) is 4.38. The van der Waals surface area contributed by atoms with Crippen molar-refractivity contribution in [2.45, 2.75) is 20.0 Å². The van der Waals surface area contributed by atoms with Crippen molar-refractivity contribution in [1.29, 1.82) is 0 Å². The predicted octanol–water partition coefficient (Wildman–Crippen LogP) is 1.39. The number of nitrogen functional groups attached to an aromatic ring is 1. The lowest BCUT2D eigenvalue weighted by molar-refractivity contribution is 0.310. The maximum Gasteiger partial charge on any atom is 0.144 e. The van der Waals surface area contributed by atoms with Crippen molar-refractivity contribution in [3.63, 3.8) is 0 Å². The minimum atomic E-state index is 0.523. The van der Waals surface area contributed by atoms with Gasteiger partial charge in [0.1, 0.15) is 11.6 Å². The molecule has 0 aliphatic heterocycles. The Labute approximate surface area is 107 Å². The molecule has 2 aromatic heterocycles. The quantitative estimate of drug-likeness (QED) is 0.879. The van der Waals surface area contributed by atoms with Crippen LogP contribution in [0.4, 0.5) is 5.82 Å². The maximum absolute atomic E-state index is 5.71. The van der Waals surface area contributed by atoms with E-state index in [2.05, 4.69) is 19.9 Å². The molecule has 0 saturated carbocycles. The summed E-state index contributed by atoms with van der Waals surface area (Å²) in [7, 11) is 2.03. The number of nitrogens with zero attached hydrogens (tertiary/aromatic N) is 4. The molecule has 0 aromatic carbocycles. The second kappa shape index (κ2) is 5.55. The summed E-state index contributed by atoms with van der Waals surface area (Å²) in [4.78, 5) is 14.7. The number of anilines is 1. The number of hydrogen-bond donors (Lipinski definition) is 1. The van der Waals surface area contributed by atoms with Crippen molar-refractivity contribution in [3.8, 4) is 0 Å². The van der Waals surface area contributed by atoms with E-state index in [1.54, 1.807) is 18.5 Å². The van der Waals surface area contributed by atoms with E-state index in [0.717, 1.165) is 18.1 Å². The highest BCUT2D eigenvalue weighted by molar-refractivity contribution is 5.29. The van der Waals surface area contributed by atoms with E-state index in [-0.39, 0.29) is 0 Å². The minimum absolute atomic E-state index is 0.523. The summed E-state index contributed by atoms with van der Waals surface area (Å²) in [5.74, 6) is 1.28. The molecule has 0 radical (unpaired) electrons. The fraction of sp³-hybridized carbons (Fsp3) is 0.308. The average molecular weight is 243 g/mol. The SMILES string of the molecule is Cc1cc(N)nc(CN(C)Cc2ccncc2)n1. The average Bonchev–Trinajstić information content (AvgIpc) is 2.28. The molecule has 0 saturated heterocycles. The van der Waals surface area contributed by atoms with E-state index in [0.29, 0.717) is 12.4 Å². The molecule has 2 aromatic rings. The first kappa shape index (κ1) is 12.4. The van der Waals surface area contributed by atoms with E-state index in [1.165, 1.54) is 5.56 Å². The van der Waals surface area contributed by atoms with E-state index in [9.17, 15) is 0 Å². The molecule has 0 amide bonds. The molecule has 0 fully saturated rings. The molecule has 0 unspecified atom stereocenters. The number of hydrogen-bond acceptors (Lipinski definition) is 5. The predicted molar refractivity (Wildman–Crippen MR) is 70.6 cm³/mol. The topological polar surface area (TPSA) is 67.9 Å². The Kier molecular flexibility index (Phi) is 3.84. The molecule has 0 spiro atoms. The number of aryl methyl sites for hydroxylation is 1. The van der Waals surface area contributed by atoms with Gasteiger partial charge in [-0.05, 0) is 31.7 Å². The standard InChI is InChI=1S/C13H17N5/c1-10-7-12(14)17-13(16-10)9-18(2)8-11-3-5-15-6-4-11/h3-7H,8-9H2,1-2H3,(H2,14,16,17). The second-order valence-corrected chi connectivity index (χ2v) is 4.38. The zero-order valence-corrected chi connectivity index (χ0v) is 10.7. The number of nitrogens with two attached hydrogens (primary N) is 1. The molecule has 2 heterocycles. The summed E-state index contributed by atoms with van der Waals surface area (Å²) < 4.78 is 0. The number of rotatable bonds is 4. The van der Waals surface area contributed by atoms with Gasteiger partial charge in [-0.2, -0.15) is 0 Å². The summed E-state index contributed by atoms with van der Waals surface area (Å²) in [6, 6.07) is 5.77. The first-order chi connectivity index (χ1) is 8.63. The Morgan fingerprint density at radius 2 is 1.89 bits per heavy atom. The van der Waals surface area contributed by atoms with Crippen LogP contribution in [0.3, 0.4) is 0 Å². The van der Waals surface area contributed by atoms with Gasteiger partial charge in [0.25, 0.3) is 0 Å². The molecule has 5 heteroatoms. The fourth-order valence-electron chi connectivity index (χ4n) is 1.82. The lowest BCUT2D eigenvalue weighted by atomic mass is 10.2. The van der Waals surface area contributed by atoms with Gasteiger partial charge in [-0.1, -0.05) is 0 Å². The zero-order chi connectivity index (χ0) is 13.0. The molecule has 0 atom stereocenters. The van der Waals surface area contributed by atoms with Gasteiger partial charge in [-0.25, -0.2) is 9.97 Å². The molecule has 0 aliphatic carbocycles. The normalized spacial score (nSPS) is 10.8. The van der Waals surface area contributed by atoms with E-state index < -0.39 is 0 Å². The number of pyridine rings is 1. The van der Waals surface area contributed by atoms with Gasteiger partial charge in [-0.3, -0.25) is 9.88 Å². The monoisotopic (exact) mass is 243 g/mol. The third kappa shape index (κ3) is 3.49. The van der Waals surface area contributed by atoms with Crippen LogP contribution in [0.5, 0.6) is 0 Å². The van der Waals surface area contributed by atoms with Gasteiger partial charge in [0.05, 0.1) is 6.54 Å². The molecule has 18 heavy (non-hydrogen) atoms. The van der Waals surface area contributed by atoms with Gasteiger partial charge in [0.15, 0.2) is 0 Å².